The molecule has 4 heteroatoms. The van der Waals surface area contributed by atoms with Gasteiger partial charge in [-0.3, -0.25) is 0 Å². The molecular formula is C27H34O4. The van der Waals surface area contributed by atoms with Gasteiger partial charge in [-0.05, 0) is 69.9 Å². The van der Waals surface area contributed by atoms with Crippen LogP contribution < -0.4 is 0 Å². The molecule has 0 aromatic rings. The summed E-state index contributed by atoms with van der Waals surface area (Å²) < 4.78 is 12.0. The SMILES string of the molecule is CC1=CCC(C)(OC(=O)C2=C(C(=O)OC3(C)C=CC(C)=CC3)C3CCC2C3(C)C)C=C1. The minimum Gasteiger partial charge on any atom is -0.451 e. The number of hydrogen-bond acceptors (Lipinski definition) is 4. The lowest BCUT2D eigenvalue weighted by Gasteiger charge is -2.31. The number of esters is 2. The van der Waals surface area contributed by atoms with Crippen molar-refractivity contribution in [2.75, 3.05) is 0 Å². The number of carbonyl (C=O) groups is 2. The molecule has 4 aliphatic carbocycles. The maximum Gasteiger partial charge on any atom is 0.335 e. The molecule has 1 fully saturated rings. The smallest absolute Gasteiger partial charge is 0.335 e. The van der Waals surface area contributed by atoms with E-state index in [1.165, 1.54) is 0 Å². The number of carbonyl (C=O) groups excluding carboxylic acids is 2. The first-order valence-electron chi connectivity index (χ1n) is 11.4. The van der Waals surface area contributed by atoms with E-state index in [0.29, 0.717) is 24.0 Å². The largest absolute Gasteiger partial charge is 0.451 e. The van der Waals surface area contributed by atoms with Crippen LogP contribution in [0.3, 0.4) is 0 Å². The molecule has 166 valence electrons. The number of allylic oxidation sites excluding steroid dienone is 4. The van der Waals surface area contributed by atoms with Crippen molar-refractivity contribution >= 4 is 11.9 Å². The van der Waals surface area contributed by atoms with E-state index in [-0.39, 0.29) is 29.2 Å². The average Bonchev–Trinajstić information content (AvgIpc) is 3.12. The summed E-state index contributed by atoms with van der Waals surface area (Å²) in [5, 5.41) is 0. The molecule has 4 unspecified atom stereocenters. The van der Waals surface area contributed by atoms with Gasteiger partial charge in [-0.15, -0.1) is 0 Å². The van der Waals surface area contributed by atoms with Gasteiger partial charge in [-0.25, -0.2) is 9.59 Å². The molecule has 0 heterocycles. The summed E-state index contributed by atoms with van der Waals surface area (Å²) in [5.41, 5.74) is 1.88. The predicted molar refractivity (Wildman–Crippen MR) is 121 cm³/mol. The number of ether oxygens (including phenoxy) is 2. The Morgan fingerprint density at radius 1 is 0.774 bits per heavy atom. The monoisotopic (exact) mass is 422 g/mol. The summed E-state index contributed by atoms with van der Waals surface area (Å²) in [6.45, 7) is 12.2. The number of rotatable bonds is 4. The van der Waals surface area contributed by atoms with E-state index in [0.717, 1.165) is 24.0 Å². The van der Waals surface area contributed by atoms with Gasteiger partial charge in [-0.1, -0.05) is 49.3 Å². The van der Waals surface area contributed by atoms with Crippen LogP contribution in [0.1, 0.15) is 67.2 Å². The van der Waals surface area contributed by atoms with Crippen LogP contribution in [0, 0.1) is 17.3 Å². The maximum atomic E-state index is 13.4. The Morgan fingerprint density at radius 3 is 1.48 bits per heavy atom. The van der Waals surface area contributed by atoms with Crippen LogP contribution in [-0.2, 0) is 19.1 Å². The molecule has 0 aromatic carbocycles. The Hall–Kier alpha value is -2.36. The fraction of sp³-hybridized carbons (Fsp3) is 0.556. The Kier molecular flexibility index (Phi) is 5.19. The summed E-state index contributed by atoms with van der Waals surface area (Å²) in [7, 11) is 0. The van der Waals surface area contributed by atoms with E-state index in [2.05, 4.69) is 26.0 Å². The van der Waals surface area contributed by atoms with Gasteiger partial charge in [-0.2, -0.15) is 0 Å². The van der Waals surface area contributed by atoms with Crippen LogP contribution in [0.15, 0.2) is 58.7 Å². The third-order valence-corrected chi connectivity index (χ3v) is 7.68. The highest BCUT2D eigenvalue weighted by Crippen LogP contribution is 2.61. The van der Waals surface area contributed by atoms with Crippen LogP contribution in [0.4, 0.5) is 0 Å². The molecule has 1 saturated carbocycles. The first-order valence-corrected chi connectivity index (χ1v) is 11.4. The Bertz CT molecular complexity index is 897. The minimum atomic E-state index is -0.689. The van der Waals surface area contributed by atoms with Crippen LogP contribution >= 0.6 is 0 Å². The van der Waals surface area contributed by atoms with Crippen molar-refractivity contribution in [3.8, 4) is 0 Å². The predicted octanol–water partition coefficient (Wildman–Crippen LogP) is 5.77. The third kappa shape index (κ3) is 3.86. The molecule has 0 aromatic heterocycles. The lowest BCUT2D eigenvalue weighted by atomic mass is 9.78. The fourth-order valence-electron chi connectivity index (χ4n) is 5.53. The van der Waals surface area contributed by atoms with Gasteiger partial charge in [0, 0.05) is 12.8 Å². The highest BCUT2D eigenvalue weighted by Gasteiger charge is 2.58. The highest BCUT2D eigenvalue weighted by atomic mass is 16.6. The van der Waals surface area contributed by atoms with Crippen LogP contribution in [0.25, 0.3) is 0 Å². The topological polar surface area (TPSA) is 52.6 Å². The molecule has 2 bridgehead atoms. The summed E-state index contributed by atoms with van der Waals surface area (Å²) in [6.07, 6.45) is 15.1. The van der Waals surface area contributed by atoms with E-state index in [4.69, 9.17) is 9.47 Å². The number of fused-ring (bicyclic) bond motifs is 2. The molecule has 0 radical (unpaired) electrons. The lowest BCUT2D eigenvalue weighted by molar-refractivity contribution is -0.153. The summed E-state index contributed by atoms with van der Waals surface area (Å²) >= 11 is 0. The zero-order valence-corrected chi connectivity index (χ0v) is 19.6. The van der Waals surface area contributed by atoms with Crippen LogP contribution in [-0.4, -0.2) is 23.1 Å². The van der Waals surface area contributed by atoms with Gasteiger partial charge in [0.05, 0.1) is 11.1 Å². The fourth-order valence-corrected chi connectivity index (χ4v) is 5.53. The standard InChI is InChI=1S/C27H34O4/c1-17-9-13-26(5,14-10-17)30-23(28)21-19-7-8-20(25(19,3)4)22(21)24(29)31-27(6)15-11-18(2)12-16-27/h9-13,15,19-20H,7-8,14,16H2,1-6H3. The van der Waals surface area contributed by atoms with Gasteiger partial charge < -0.3 is 9.47 Å². The minimum absolute atomic E-state index is 0.0258. The van der Waals surface area contributed by atoms with Gasteiger partial charge in [0.1, 0.15) is 11.2 Å². The zero-order valence-electron chi connectivity index (χ0n) is 19.6. The first kappa shape index (κ1) is 21.9. The molecule has 4 rings (SSSR count). The molecular weight excluding hydrogens is 388 g/mol. The molecule has 0 amide bonds. The van der Waals surface area contributed by atoms with Gasteiger partial charge in [0.2, 0.25) is 0 Å². The van der Waals surface area contributed by atoms with Gasteiger partial charge in [0.15, 0.2) is 0 Å². The lowest BCUT2D eigenvalue weighted by Crippen LogP contribution is -2.34. The molecule has 0 spiro atoms. The second kappa shape index (κ2) is 7.36. The van der Waals surface area contributed by atoms with Gasteiger partial charge >= 0.3 is 11.9 Å². The molecule has 4 nitrogen and oxygen atoms in total. The van der Waals surface area contributed by atoms with Crippen molar-refractivity contribution < 1.29 is 19.1 Å². The first-order chi connectivity index (χ1) is 14.4. The van der Waals surface area contributed by atoms with E-state index in [1.54, 1.807) is 0 Å². The van der Waals surface area contributed by atoms with Crippen molar-refractivity contribution in [1.82, 2.24) is 0 Å². The zero-order chi connectivity index (χ0) is 22.6. The molecule has 4 aliphatic rings. The highest BCUT2D eigenvalue weighted by molar-refractivity contribution is 6.03. The van der Waals surface area contributed by atoms with Crippen molar-refractivity contribution in [2.45, 2.75) is 78.4 Å². The molecule has 4 atom stereocenters. The Morgan fingerprint density at radius 2 is 1.16 bits per heavy atom. The third-order valence-electron chi connectivity index (χ3n) is 7.68. The summed E-state index contributed by atoms with van der Waals surface area (Å²) in [4.78, 5) is 26.9. The van der Waals surface area contributed by atoms with Crippen molar-refractivity contribution in [1.29, 1.82) is 0 Å². The molecule has 0 saturated heterocycles. The van der Waals surface area contributed by atoms with Crippen LogP contribution in [0.2, 0.25) is 0 Å². The normalized spacial score (nSPS) is 35.7. The van der Waals surface area contributed by atoms with E-state index in [9.17, 15) is 9.59 Å². The van der Waals surface area contributed by atoms with Gasteiger partial charge in [0.25, 0.3) is 0 Å². The van der Waals surface area contributed by atoms with E-state index in [1.807, 2.05) is 52.0 Å². The molecule has 0 N–H and O–H groups in total. The number of hydrogen-bond donors (Lipinski definition) is 0. The van der Waals surface area contributed by atoms with Crippen molar-refractivity contribution in [3.63, 3.8) is 0 Å². The molecule has 0 aliphatic heterocycles. The van der Waals surface area contributed by atoms with E-state index < -0.39 is 11.2 Å². The van der Waals surface area contributed by atoms with E-state index >= 15 is 0 Å². The Labute approximate surface area is 185 Å². The quantitative estimate of drug-likeness (QED) is 0.540. The Balaban J connectivity index is 1.63. The van der Waals surface area contributed by atoms with Crippen LogP contribution in [0.5, 0.6) is 0 Å². The summed E-state index contributed by atoms with van der Waals surface area (Å²) in [6, 6.07) is 0. The summed E-state index contributed by atoms with van der Waals surface area (Å²) in [5.74, 6) is -0.685. The average molecular weight is 423 g/mol. The molecule has 31 heavy (non-hydrogen) atoms. The maximum absolute atomic E-state index is 13.4. The second-order valence-corrected chi connectivity index (χ2v) is 10.7. The van der Waals surface area contributed by atoms with Crippen molar-refractivity contribution in [2.24, 2.45) is 17.3 Å². The second-order valence-electron chi connectivity index (χ2n) is 10.7. The van der Waals surface area contributed by atoms with Crippen molar-refractivity contribution in [3.05, 3.63) is 58.7 Å².